The Kier molecular flexibility index (Phi) is 8.37. The number of fused-ring (bicyclic) bond motifs is 1. The molecule has 1 unspecified atom stereocenters. The number of pyridine rings is 1. The maximum absolute atomic E-state index is 13.2. The third-order valence-electron chi connectivity index (χ3n) is 7.55. The van der Waals surface area contributed by atoms with Crippen LogP contribution in [0.5, 0.6) is 5.75 Å². The van der Waals surface area contributed by atoms with Gasteiger partial charge in [-0.1, -0.05) is 37.5 Å². The van der Waals surface area contributed by atoms with Crippen molar-refractivity contribution >= 4 is 34.1 Å². The van der Waals surface area contributed by atoms with Gasteiger partial charge in [-0.2, -0.15) is 0 Å². The Labute approximate surface area is 231 Å². The van der Waals surface area contributed by atoms with Gasteiger partial charge in [0.2, 0.25) is 11.8 Å². The van der Waals surface area contributed by atoms with Crippen molar-refractivity contribution in [2.75, 3.05) is 13.1 Å². The number of hydrogen-bond acceptors (Lipinski definition) is 7. The van der Waals surface area contributed by atoms with Gasteiger partial charge < -0.3 is 14.2 Å². The van der Waals surface area contributed by atoms with E-state index >= 15 is 0 Å². The summed E-state index contributed by atoms with van der Waals surface area (Å²) in [6.45, 7) is 2.86. The maximum atomic E-state index is 13.2. The van der Waals surface area contributed by atoms with Gasteiger partial charge in [0.05, 0.1) is 23.3 Å². The molecule has 2 aromatic carbocycles. The lowest BCUT2D eigenvalue weighted by Gasteiger charge is -2.50. The SMILES string of the molecule is Cc1cc(COc2ccc([S+]([O-])NC3(CC(=O)NO)CN(C(=O)C4CCCCC4)C3)cc2)c2ccccc2n1. The summed E-state index contributed by atoms with van der Waals surface area (Å²) in [5.74, 6) is 0.167. The van der Waals surface area contributed by atoms with Crippen LogP contribution in [0, 0.1) is 12.8 Å². The van der Waals surface area contributed by atoms with E-state index in [0.29, 0.717) is 17.3 Å². The molecule has 9 nitrogen and oxygen atoms in total. The number of carbonyl (C=O) groups is 2. The number of aromatic nitrogens is 1. The fourth-order valence-electron chi connectivity index (χ4n) is 5.60. The van der Waals surface area contributed by atoms with Crippen molar-refractivity contribution in [3.63, 3.8) is 0 Å². The summed E-state index contributed by atoms with van der Waals surface area (Å²) in [6.07, 6.45) is 4.97. The molecule has 1 aliphatic carbocycles. The van der Waals surface area contributed by atoms with Gasteiger partial charge in [-0.15, -0.1) is 4.72 Å². The van der Waals surface area contributed by atoms with E-state index in [1.54, 1.807) is 34.6 Å². The predicted octanol–water partition coefficient (Wildman–Crippen LogP) is 3.79. The van der Waals surface area contributed by atoms with Gasteiger partial charge in [0.1, 0.15) is 17.9 Å². The summed E-state index contributed by atoms with van der Waals surface area (Å²) < 4.78 is 22.3. The van der Waals surface area contributed by atoms with E-state index in [-0.39, 0.29) is 31.3 Å². The van der Waals surface area contributed by atoms with Crippen molar-refractivity contribution in [3.8, 4) is 5.75 Å². The lowest BCUT2D eigenvalue weighted by atomic mass is 9.83. The van der Waals surface area contributed by atoms with Crippen molar-refractivity contribution in [2.24, 2.45) is 5.92 Å². The van der Waals surface area contributed by atoms with Gasteiger partial charge >= 0.3 is 0 Å². The average Bonchev–Trinajstić information content (AvgIpc) is 2.94. The molecule has 0 spiro atoms. The molecule has 5 rings (SSSR count). The standard InChI is InChI=1S/C29H34N4O5S/c1-20-15-22(25-9-5-6-10-26(25)30-20)17-38-23-11-13-24(14-12-23)39(37)32-29(16-27(34)31-36)18-33(19-29)28(35)21-7-3-2-4-8-21/h5-6,9-15,21,32,36H,2-4,7-8,16-19H2,1H3,(H,31,34). The first-order valence-electron chi connectivity index (χ1n) is 13.4. The smallest absolute Gasteiger partial charge is 0.245 e. The molecule has 3 N–H and O–H groups in total. The third-order valence-corrected chi connectivity index (χ3v) is 8.87. The number of rotatable bonds is 9. The number of nitrogens with one attached hydrogen (secondary N) is 2. The number of ether oxygens (including phenoxy) is 1. The Balaban J connectivity index is 1.21. The zero-order valence-electron chi connectivity index (χ0n) is 22.0. The molecule has 1 aliphatic heterocycles. The van der Waals surface area contributed by atoms with Crippen LogP contribution < -0.4 is 14.9 Å². The summed E-state index contributed by atoms with van der Waals surface area (Å²) in [5.41, 5.74) is 3.66. The van der Waals surface area contributed by atoms with Crippen LogP contribution in [0.4, 0.5) is 0 Å². The normalized spacial score (nSPS) is 17.9. The van der Waals surface area contributed by atoms with Crippen molar-refractivity contribution in [2.45, 2.75) is 62.5 Å². The van der Waals surface area contributed by atoms with Crippen molar-refractivity contribution in [1.29, 1.82) is 0 Å². The molecule has 3 aromatic rings. The molecule has 2 heterocycles. The molecule has 1 atom stereocenters. The Morgan fingerprint density at radius 3 is 2.56 bits per heavy atom. The van der Waals surface area contributed by atoms with Gasteiger partial charge in [-0.3, -0.25) is 19.8 Å². The van der Waals surface area contributed by atoms with E-state index < -0.39 is 22.8 Å². The summed E-state index contributed by atoms with van der Waals surface area (Å²) in [4.78, 5) is 31.8. The van der Waals surface area contributed by atoms with E-state index in [0.717, 1.165) is 54.3 Å². The van der Waals surface area contributed by atoms with E-state index in [9.17, 15) is 14.1 Å². The molecular formula is C29H34N4O5S. The van der Waals surface area contributed by atoms with Crippen LogP contribution in [0.2, 0.25) is 0 Å². The second-order valence-electron chi connectivity index (χ2n) is 10.6. The van der Waals surface area contributed by atoms with Crippen LogP contribution in [0.25, 0.3) is 10.9 Å². The molecule has 1 saturated carbocycles. The number of hydrogen-bond donors (Lipinski definition) is 3. The average molecular weight is 551 g/mol. The Bertz CT molecular complexity index is 1320. The first-order chi connectivity index (χ1) is 18.9. The highest BCUT2D eigenvalue weighted by atomic mass is 32.2. The van der Waals surface area contributed by atoms with Gasteiger partial charge in [-0.05, 0) is 56.2 Å². The maximum Gasteiger partial charge on any atom is 0.245 e. The second-order valence-corrected chi connectivity index (χ2v) is 11.8. The third kappa shape index (κ3) is 6.36. The summed E-state index contributed by atoms with van der Waals surface area (Å²) in [7, 11) is 0. The van der Waals surface area contributed by atoms with Crippen molar-refractivity contribution < 1.29 is 24.1 Å². The number of carbonyl (C=O) groups excluding carboxylic acids is 2. The predicted molar refractivity (Wildman–Crippen MR) is 147 cm³/mol. The topological polar surface area (TPSA) is 127 Å². The highest BCUT2D eigenvalue weighted by Gasteiger charge is 2.51. The number of nitrogens with zero attached hydrogens (tertiary/aromatic N) is 2. The minimum atomic E-state index is -1.64. The van der Waals surface area contributed by atoms with Gasteiger partial charge in [0.25, 0.3) is 0 Å². The molecule has 2 fully saturated rings. The fourth-order valence-corrected chi connectivity index (χ4v) is 6.69. The fraction of sp³-hybridized carbons (Fsp3) is 0.414. The molecular weight excluding hydrogens is 516 g/mol. The van der Waals surface area contributed by atoms with Gasteiger partial charge in [-0.25, -0.2) is 5.48 Å². The lowest BCUT2D eigenvalue weighted by molar-refractivity contribution is -0.147. The monoisotopic (exact) mass is 550 g/mol. The van der Waals surface area contributed by atoms with Crippen LogP contribution in [0.15, 0.2) is 59.5 Å². The van der Waals surface area contributed by atoms with E-state index in [2.05, 4.69) is 9.71 Å². The highest BCUT2D eigenvalue weighted by Crippen LogP contribution is 2.33. The number of benzene rings is 2. The first kappa shape index (κ1) is 27.4. The zero-order chi connectivity index (χ0) is 27.4. The van der Waals surface area contributed by atoms with Crippen LogP contribution in [0.3, 0.4) is 0 Å². The number of amides is 2. The molecule has 2 amide bonds. The molecule has 206 valence electrons. The molecule has 0 radical (unpaired) electrons. The number of aryl methyl sites for hydroxylation is 1. The number of hydroxylamine groups is 1. The van der Waals surface area contributed by atoms with Crippen LogP contribution >= 0.6 is 0 Å². The molecule has 1 aromatic heterocycles. The van der Waals surface area contributed by atoms with Crippen molar-refractivity contribution in [3.05, 3.63) is 65.9 Å². The highest BCUT2D eigenvalue weighted by molar-refractivity contribution is 7.89. The summed E-state index contributed by atoms with van der Waals surface area (Å²) >= 11 is -1.64. The minimum Gasteiger partial charge on any atom is -0.593 e. The summed E-state index contributed by atoms with van der Waals surface area (Å²) in [6, 6.07) is 16.9. The van der Waals surface area contributed by atoms with Crippen LogP contribution in [0.1, 0.15) is 49.8 Å². The summed E-state index contributed by atoms with van der Waals surface area (Å²) in [5, 5.41) is 10.1. The Hall–Kier alpha value is -3.18. The molecule has 39 heavy (non-hydrogen) atoms. The Morgan fingerprint density at radius 2 is 1.85 bits per heavy atom. The van der Waals surface area contributed by atoms with Gasteiger partial charge in [0, 0.05) is 35.7 Å². The van der Waals surface area contributed by atoms with E-state index in [1.165, 1.54) is 0 Å². The Morgan fingerprint density at radius 1 is 1.13 bits per heavy atom. The molecule has 0 bridgehead atoms. The van der Waals surface area contributed by atoms with Crippen LogP contribution in [-0.4, -0.2) is 50.1 Å². The minimum absolute atomic E-state index is 0.0236. The molecule has 10 heteroatoms. The lowest BCUT2D eigenvalue weighted by Crippen LogP contribution is -2.72. The zero-order valence-corrected chi connectivity index (χ0v) is 22.8. The largest absolute Gasteiger partial charge is 0.593 e. The number of likely N-dealkylation sites (tertiary alicyclic amines) is 1. The van der Waals surface area contributed by atoms with E-state index in [1.807, 2.05) is 37.3 Å². The van der Waals surface area contributed by atoms with Gasteiger partial charge in [0.15, 0.2) is 4.90 Å². The first-order valence-corrected chi connectivity index (χ1v) is 14.5. The second kappa shape index (κ2) is 11.9. The van der Waals surface area contributed by atoms with E-state index in [4.69, 9.17) is 9.94 Å². The van der Waals surface area contributed by atoms with Crippen molar-refractivity contribution in [1.82, 2.24) is 20.1 Å². The molecule has 2 aliphatic rings. The quantitative estimate of drug-likeness (QED) is 0.210. The number of para-hydroxylation sites is 1. The van der Waals surface area contributed by atoms with Crippen LogP contribution in [-0.2, 0) is 27.6 Å². The molecule has 1 saturated heterocycles.